The zero-order chi connectivity index (χ0) is 24.1. The summed E-state index contributed by atoms with van der Waals surface area (Å²) in [6.45, 7) is 4.01. The third-order valence-electron chi connectivity index (χ3n) is 5.98. The van der Waals surface area contributed by atoms with Crippen LogP contribution < -0.4 is 10.7 Å². The molecule has 0 spiro atoms. The van der Waals surface area contributed by atoms with Crippen molar-refractivity contribution in [1.82, 2.24) is 5.43 Å². The summed E-state index contributed by atoms with van der Waals surface area (Å²) >= 11 is 0. The summed E-state index contributed by atoms with van der Waals surface area (Å²) in [4.78, 5) is 25.4. The quantitative estimate of drug-likeness (QED) is 0.414. The summed E-state index contributed by atoms with van der Waals surface area (Å²) in [6.07, 6.45) is 5.51. The summed E-state index contributed by atoms with van der Waals surface area (Å²) in [5.74, 6) is 0.384. The van der Waals surface area contributed by atoms with Crippen LogP contribution in [-0.4, -0.2) is 22.6 Å². The van der Waals surface area contributed by atoms with E-state index in [2.05, 4.69) is 22.8 Å². The Hall–Kier alpha value is -3.87. The molecule has 1 heterocycles. The van der Waals surface area contributed by atoms with Crippen LogP contribution in [0, 0.1) is 6.92 Å². The lowest BCUT2D eigenvalue weighted by molar-refractivity contribution is 0.0953. The molecule has 176 valence electrons. The van der Waals surface area contributed by atoms with Crippen LogP contribution in [0.1, 0.15) is 76.0 Å². The highest BCUT2D eigenvalue weighted by atomic mass is 16.4. The highest BCUT2D eigenvalue weighted by Crippen LogP contribution is 2.30. The predicted octanol–water partition coefficient (Wildman–Crippen LogP) is 5.36. The van der Waals surface area contributed by atoms with Crippen molar-refractivity contribution in [3.05, 3.63) is 82.3 Å². The van der Waals surface area contributed by atoms with Gasteiger partial charge < -0.3 is 14.8 Å². The molecule has 0 saturated heterocycles. The lowest BCUT2D eigenvalue weighted by Crippen LogP contribution is -2.22. The fourth-order valence-electron chi connectivity index (χ4n) is 4.12. The summed E-state index contributed by atoms with van der Waals surface area (Å²) in [7, 11) is 0. The minimum atomic E-state index is -0.374. The summed E-state index contributed by atoms with van der Waals surface area (Å²) < 4.78 is 5.95. The number of hydrazone groups is 1. The molecule has 1 aliphatic rings. The Morgan fingerprint density at radius 3 is 2.47 bits per heavy atom. The first kappa shape index (κ1) is 23.3. The number of carbonyl (C=O) groups is 2. The van der Waals surface area contributed by atoms with Gasteiger partial charge in [0.05, 0.1) is 5.71 Å². The van der Waals surface area contributed by atoms with Crippen LogP contribution in [0.2, 0.25) is 0 Å². The number of aromatic hydroxyl groups is 1. The molecule has 0 saturated carbocycles. The second-order valence-electron chi connectivity index (χ2n) is 8.51. The monoisotopic (exact) mass is 459 g/mol. The molecular weight excluding hydrogens is 430 g/mol. The molecule has 0 unspecified atom stereocenters. The van der Waals surface area contributed by atoms with Crippen LogP contribution in [0.4, 0.5) is 5.69 Å². The molecule has 7 nitrogen and oxygen atoms in total. The molecule has 3 N–H and O–H groups in total. The topological polar surface area (TPSA) is 104 Å². The van der Waals surface area contributed by atoms with E-state index in [0.29, 0.717) is 41.1 Å². The molecule has 1 aliphatic carbocycles. The number of carbonyl (C=O) groups excluding carboxylic acids is 2. The second kappa shape index (κ2) is 10.4. The molecule has 2 amide bonds. The Bertz CT molecular complexity index is 1210. The number of fused-ring (bicyclic) bond motifs is 1. The van der Waals surface area contributed by atoms with E-state index in [1.165, 1.54) is 29.8 Å². The van der Waals surface area contributed by atoms with Crippen LogP contribution in [0.5, 0.6) is 5.75 Å². The molecule has 1 aromatic heterocycles. The van der Waals surface area contributed by atoms with Crippen LogP contribution >= 0.6 is 0 Å². The van der Waals surface area contributed by atoms with Gasteiger partial charge in [-0.3, -0.25) is 9.59 Å². The number of amides is 2. The molecule has 0 radical (unpaired) electrons. The van der Waals surface area contributed by atoms with Gasteiger partial charge in [0.1, 0.15) is 11.5 Å². The minimum absolute atomic E-state index is 0.0899. The molecule has 0 bridgehead atoms. The van der Waals surface area contributed by atoms with Crippen LogP contribution in [0.3, 0.4) is 0 Å². The predicted molar refractivity (Wildman–Crippen MR) is 132 cm³/mol. The molecule has 0 atom stereocenters. The fraction of sp³-hybridized carbons (Fsp3) is 0.296. The second-order valence-corrected chi connectivity index (χ2v) is 8.51. The van der Waals surface area contributed by atoms with Gasteiger partial charge in [-0.05, 0) is 74.6 Å². The Morgan fingerprint density at radius 1 is 1.03 bits per heavy atom. The third kappa shape index (κ3) is 5.20. The lowest BCUT2D eigenvalue weighted by atomic mass is 9.93. The van der Waals surface area contributed by atoms with Gasteiger partial charge in [-0.15, -0.1) is 0 Å². The number of furan rings is 1. The maximum absolute atomic E-state index is 13.0. The van der Waals surface area contributed by atoms with Gasteiger partial charge in [-0.2, -0.15) is 5.10 Å². The van der Waals surface area contributed by atoms with Gasteiger partial charge in [0.25, 0.3) is 11.8 Å². The van der Waals surface area contributed by atoms with Crippen molar-refractivity contribution in [2.75, 3.05) is 5.32 Å². The summed E-state index contributed by atoms with van der Waals surface area (Å²) in [6, 6.07) is 13.8. The molecule has 0 aliphatic heterocycles. The molecular formula is C27H29N3O4. The highest BCUT2D eigenvalue weighted by Gasteiger charge is 2.28. The number of phenolic OH excluding ortho intramolecular Hbond substituents is 1. The SMILES string of the molecule is CCCCc1ccc(NC(=O)c2oc3c(c2C)/C(=N/NC(=O)c2ccc(O)cc2)CCC3)cc1. The van der Waals surface area contributed by atoms with E-state index in [-0.39, 0.29) is 23.3 Å². The van der Waals surface area contributed by atoms with Crippen LogP contribution in [0.25, 0.3) is 0 Å². The van der Waals surface area contributed by atoms with Crippen molar-refractivity contribution >= 4 is 23.2 Å². The Labute approximate surface area is 198 Å². The maximum Gasteiger partial charge on any atom is 0.291 e. The largest absolute Gasteiger partial charge is 0.508 e. The van der Waals surface area contributed by atoms with E-state index in [9.17, 15) is 14.7 Å². The number of hydrogen-bond donors (Lipinski definition) is 3. The number of phenols is 1. The number of unbranched alkanes of at least 4 members (excludes halogenated alkanes) is 1. The van der Waals surface area contributed by atoms with Crippen molar-refractivity contribution in [3.63, 3.8) is 0 Å². The van der Waals surface area contributed by atoms with Gasteiger partial charge in [0.15, 0.2) is 5.76 Å². The number of nitrogens with zero attached hydrogens (tertiary/aromatic N) is 1. The number of aryl methyl sites for hydroxylation is 2. The van der Waals surface area contributed by atoms with E-state index in [4.69, 9.17) is 4.42 Å². The summed E-state index contributed by atoms with van der Waals surface area (Å²) in [5.41, 5.74) is 7.13. The molecule has 0 fully saturated rings. The standard InChI is InChI=1S/C27H29N3O4/c1-3-4-6-18-9-13-20(14-10-18)28-27(33)25-17(2)24-22(7-5-8-23(24)34-25)29-30-26(32)19-11-15-21(31)16-12-19/h9-16,31H,3-8H2,1-2H3,(H,28,33)(H,30,32)/b29-22+. The molecule has 34 heavy (non-hydrogen) atoms. The highest BCUT2D eigenvalue weighted by molar-refractivity contribution is 6.09. The zero-order valence-corrected chi connectivity index (χ0v) is 19.5. The van der Waals surface area contributed by atoms with E-state index >= 15 is 0 Å². The number of hydrogen-bond acceptors (Lipinski definition) is 5. The van der Waals surface area contributed by atoms with Gasteiger partial charge in [0.2, 0.25) is 0 Å². The third-order valence-corrected chi connectivity index (χ3v) is 5.98. The van der Waals surface area contributed by atoms with E-state index in [1.54, 1.807) is 0 Å². The molecule has 2 aromatic carbocycles. The van der Waals surface area contributed by atoms with Crippen molar-refractivity contribution in [1.29, 1.82) is 0 Å². The first-order valence-electron chi connectivity index (χ1n) is 11.6. The molecule has 3 aromatic rings. The zero-order valence-electron chi connectivity index (χ0n) is 19.5. The average molecular weight is 460 g/mol. The Morgan fingerprint density at radius 2 is 1.76 bits per heavy atom. The first-order chi connectivity index (χ1) is 16.5. The van der Waals surface area contributed by atoms with E-state index in [1.807, 2.05) is 31.2 Å². The summed E-state index contributed by atoms with van der Waals surface area (Å²) in [5, 5.41) is 16.7. The van der Waals surface area contributed by atoms with Gasteiger partial charge in [0, 0.05) is 28.8 Å². The number of benzene rings is 2. The Balaban J connectivity index is 1.49. The van der Waals surface area contributed by atoms with Gasteiger partial charge in [-0.25, -0.2) is 5.43 Å². The average Bonchev–Trinajstić information content (AvgIpc) is 3.19. The maximum atomic E-state index is 13.0. The molecule has 4 rings (SSSR count). The van der Waals surface area contributed by atoms with Gasteiger partial charge >= 0.3 is 0 Å². The minimum Gasteiger partial charge on any atom is -0.508 e. The fourth-order valence-corrected chi connectivity index (χ4v) is 4.12. The van der Waals surface area contributed by atoms with Crippen LogP contribution in [0.15, 0.2) is 58.0 Å². The van der Waals surface area contributed by atoms with Crippen molar-refractivity contribution < 1.29 is 19.1 Å². The number of anilines is 1. The lowest BCUT2D eigenvalue weighted by Gasteiger charge is -2.13. The van der Waals surface area contributed by atoms with Crippen molar-refractivity contribution in [2.24, 2.45) is 5.10 Å². The van der Waals surface area contributed by atoms with E-state index in [0.717, 1.165) is 31.2 Å². The number of rotatable bonds is 7. The van der Waals surface area contributed by atoms with E-state index < -0.39 is 0 Å². The van der Waals surface area contributed by atoms with Crippen LogP contribution in [-0.2, 0) is 12.8 Å². The van der Waals surface area contributed by atoms with Crippen molar-refractivity contribution in [2.45, 2.75) is 52.4 Å². The molecule has 7 heteroatoms. The van der Waals surface area contributed by atoms with Gasteiger partial charge in [-0.1, -0.05) is 25.5 Å². The smallest absolute Gasteiger partial charge is 0.291 e. The Kier molecular flexibility index (Phi) is 7.11. The normalized spacial score (nSPS) is 14.0. The van der Waals surface area contributed by atoms with Crippen molar-refractivity contribution in [3.8, 4) is 5.75 Å². The number of nitrogens with one attached hydrogen (secondary N) is 2. The first-order valence-corrected chi connectivity index (χ1v) is 11.6.